The number of rotatable bonds is 1. The third kappa shape index (κ3) is 2.02. The first-order valence-electron chi connectivity index (χ1n) is 4.34. The van der Waals surface area contributed by atoms with Crippen molar-refractivity contribution in [2.24, 2.45) is 0 Å². The summed E-state index contributed by atoms with van der Waals surface area (Å²) in [6.45, 7) is 0. The van der Waals surface area contributed by atoms with E-state index in [-0.39, 0.29) is 7.92 Å². The monoisotopic (exact) mass is 196 g/mol. The smallest absolute Gasteiger partial charge is 0.00250 e. The summed E-state index contributed by atoms with van der Waals surface area (Å²) < 4.78 is 0. The lowest BCUT2D eigenvalue weighted by Crippen LogP contribution is -2.12. The van der Waals surface area contributed by atoms with E-state index in [1.807, 2.05) is 0 Å². The van der Waals surface area contributed by atoms with Crippen molar-refractivity contribution in [1.29, 1.82) is 0 Å². The minimum Gasteiger partial charge on any atom is -0.161 e. The van der Waals surface area contributed by atoms with Gasteiger partial charge in [-0.3, -0.25) is 0 Å². The molecule has 12 heavy (non-hydrogen) atoms. The molecule has 0 N–H and O–H groups in total. The highest BCUT2D eigenvalue weighted by Crippen LogP contribution is 2.39. The standard InChI is InChI=1S/C10H13PS/c1-2-4-10(5-3-1)11-6-8-12-9-7-11/h1-5H,6-9H2. The Morgan fingerprint density at radius 3 is 2.33 bits per heavy atom. The molecule has 0 nitrogen and oxygen atoms in total. The van der Waals surface area contributed by atoms with Gasteiger partial charge in [0.05, 0.1) is 0 Å². The largest absolute Gasteiger partial charge is 0.161 e. The van der Waals surface area contributed by atoms with Gasteiger partial charge in [-0.1, -0.05) is 38.3 Å². The molecule has 1 fully saturated rings. The lowest BCUT2D eigenvalue weighted by Gasteiger charge is -2.21. The van der Waals surface area contributed by atoms with Crippen LogP contribution in [0.25, 0.3) is 0 Å². The molecule has 1 aromatic carbocycles. The first kappa shape index (κ1) is 8.59. The van der Waals surface area contributed by atoms with Crippen molar-refractivity contribution >= 4 is 25.0 Å². The molecule has 0 aliphatic carbocycles. The normalized spacial score (nSPS) is 19.3. The maximum Gasteiger partial charge on any atom is -0.00250 e. The van der Waals surface area contributed by atoms with Gasteiger partial charge in [0.15, 0.2) is 0 Å². The van der Waals surface area contributed by atoms with E-state index in [2.05, 4.69) is 42.1 Å². The van der Waals surface area contributed by atoms with Crippen LogP contribution in [0.2, 0.25) is 0 Å². The van der Waals surface area contributed by atoms with Crippen LogP contribution in [0.3, 0.4) is 0 Å². The molecule has 0 bridgehead atoms. The minimum absolute atomic E-state index is 0.212. The first-order chi connectivity index (χ1) is 5.97. The minimum atomic E-state index is 0.212. The number of hydrogen-bond donors (Lipinski definition) is 0. The van der Waals surface area contributed by atoms with Crippen LogP contribution in [-0.2, 0) is 0 Å². The van der Waals surface area contributed by atoms with E-state index >= 15 is 0 Å². The Labute approximate surface area is 79.5 Å². The summed E-state index contributed by atoms with van der Waals surface area (Å²) in [5.74, 6) is 2.75. The van der Waals surface area contributed by atoms with Crippen LogP contribution in [-0.4, -0.2) is 23.8 Å². The van der Waals surface area contributed by atoms with E-state index in [9.17, 15) is 0 Å². The molecule has 2 heteroatoms. The van der Waals surface area contributed by atoms with Gasteiger partial charge in [0.2, 0.25) is 0 Å². The first-order valence-corrected chi connectivity index (χ1v) is 7.21. The summed E-state index contributed by atoms with van der Waals surface area (Å²) in [5.41, 5.74) is 0. The fraction of sp³-hybridized carbons (Fsp3) is 0.400. The van der Waals surface area contributed by atoms with Crippen molar-refractivity contribution in [2.75, 3.05) is 23.8 Å². The third-order valence-electron chi connectivity index (χ3n) is 2.13. The van der Waals surface area contributed by atoms with Crippen molar-refractivity contribution in [3.63, 3.8) is 0 Å². The van der Waals surface area contributed by atoms with E-state index in [1.165, 1.54) is 23.8 Å². The molecule has 1 heterocycles. The van der Waals surface area contributed by atoms with Crippen molar-refractivity contribution in [1.82, 2.24) is 0 Å². The van der Waals surface area contributed by atoms with Crippen molar-refractivity contribution in [2.45, 2.75) is 0 Å². The van der Waals surface area contributed by atoms with Gasteiger partial charge in [0, 0.05) is 0 Å². The molecule has 2 rings (SSSR count). The van der Waals surface area contributed by atoms with Crippen LogP contribution in [0.5, 0.6) is 0 Å². The Balaban J connectivity index is 2.08. The Kier molecular flexibility index (Phi) is 3.08. The van der Waals surface area contributed by atoms with E-state index < -0.39 is 0 Å². The molecular formula is C10H13PS. The maximum absolute atomic E-state index is 2.29. The summed E-state index contributed by atoms with van der Waals surface area (Å²) in [7, 11) is 0.212. The SMILES string of the molecule is c1ccc(P2CCSCC2)cc1. The zero-order valence-corrected chi connectivity index (χ0v) is 8.78. The van der Waals surface area contributed by atoms with Crippen LogP contribution >= 0.6 is 19.7 Å². The van der Waals surface area contributed by atoms with Crippen molar-refractivity contribution in [3.8, 4) is 0 Å². The highest BCUT2D eigenvalue weighted by molar-refractivity contribution is 8.00. The van der Waals surface area contributed by atoms with E-state index in [0.29, 0.717) is 0 Å². The lowest BCUT2D eigenvalue weighted by molar-refractivity contribution is 1.39. The maximum atomic E-state index is 2.29. The third-order valence-corrected chi connectivity index (χ3v) is 6.28. The summed E-state index contributed by atoms with van der Waals surface area (Å²) in [5, 5.41) is 1.60. The summed E-state index contributed by atoms with van der Waals surface area (Å²) in [6.07, 6.45) is 2.87. The Morgan fingerprint density at radius 1 is 1.00 bits per heavy atom. The molecule has 0 spiro atoms. The predicted octanol–water partition coefficient (Wildman–Crippen LogP) is 2.54. The Hall–Kier alpha value is -0.0000000000000000555. The van der Waals surface area contributed by atoms with Gasteiger partial charge in [0.1, 0.15) is 0 Å². The predicted molar refractivity (Wildman–Crippen MR) is 60.1 cm³/mol. The molecule has 0 aromatic heterocycles. The van der Waals surface area contributed by atoms with Crippen LogP contribution < -0.4 is 5.30 Å². The van der Waals surface area contributed by atoms with Gasteiger partial charge in [-0.2, -0.15) is 11.8 Å². The van der Waals surface area contributed by atoms with Crippen molar-refractivity contribution in [3.05, 3.63) is 30.3 Å². The number of hydrogen-bond acceptors (Lipinski definition) is 1. The van der Waals surface area contributed by atoms with Crippen LogP contribution in [0.4, 0.5) is 0 Å². The zero-order chi connectivity index (χ0) is 8.23. The molecule has 0 saturated carbocycles. The summed E-state index contributed by atoms with van der Waals surface area (Å²) in [4.78, 5) is 0. The molecule has 1 aliphatic heterocycles. The van der Waals surface area contributed by atoms with Crippen LogP contribution in [0.15, 0.2) is 30.3 Å². The van der Waals surface area contributed by atoms with Crippen LogP contribution in [0, 0.1) is 0 Å². The van der Waals surface area contributed by atoms with Gasteiger partial charge in [-0.05, 0) is 29.1 Å². The zero-order valence-electron chi connectivity index (χ0n) is 7.07. The molecule has 1 saturated heterocycles. The fourth-order valence-corrected chi connectivity index (χ4v) is 5.79. The van der Waals surface area contributed by atoms with E-state index in [1.54, 1.807) is 5.30 Å². The van der Waals surface area contributed by atoms with Crippen molar-refractivity contribution < 1.29 is 0 Å². The van der Waals surface area contributed by atoms with E-state index in [4.69, 9.17) is 0 Å². The molecule has 64 valence electrons. The quantitative estimate of drug-likeness (QED) is 0.622. The highest BCUT2D eigenvalue weighted by atomic mass is 32.2. The van der Waals surface area contributed by atoms with Crippen LogP contribution in [0.1, 0.15) is 0 Å². The molecule has 0 radical (unpaired) electrons. The average Bonchev–Trinajstić information content (AvgIpc) is 2.21. The second kappa shape index (κ2) is 4.30. The summed E-state index contributed by atoms with van der Waals surface area (Å²) >= 11 is 2.11. The van der Waals surface area contributed by atoms with Gasteiger partial charge in [-0.15, -0.1) is 0 Å². The molecule has 0 amide bonds. The molecule has 1 aliphatic rings. The lowest BCUT2D eigenvalue weighted by atomic mass is 10.4. The van der Waals surface area contributed by atoms with Gasteiger partial charge in [0.25, 0.3) is 0 Å². The molecular weight excluding hydrogens is 183 g/mol. The Bertz CT molecular complexity index is 229. The number of thioether (sulfide) groups is 1. The fourth-order valence-electron chi connectivity index (χ4n) is 1.46. The molecule has 0 unspecified atom stereocenters. The molecule has 0 atom stereocenters. The molecule has 1 aromatic rings. The van der Waals surface area contributed by atoms with Gasteiger partial charge >= 0.3 is 0 Å². The topological polar surface area (TPSA) is 0 Å². The second-order valence-electron chi connectivity index (χ2n) is 2.93. The average molecular weight is 196 g/mol. The van der Waals surface area contributed by atoms with Gasteiger partial charge in [-0.25, -0.2) is 0 Å². The second-order valence-corrected chi connectivity index (χ2v) is 6.65. The number of benzene rings is 1. The van der Waals surface area contributed by atoms with E-state index in [0.717, 1.165) is 0 Å². The van der Waals surface area contributed by atoms with Gasteiger partial charge < -0.3 is 0 Å². The summed E-state index contributed by atoms with van der Waals surface area (Å²) in [6, 6.07) is 11.0. The highest BCUT2D eigenvalue weighted by Gasteiger charge is 2.13. The Morgan fingerprint density at radius 2 is 1.67 bits per heavy atom.